The van der Waals surface area contributed by atoms with Crippen LogP contribution in [0.4, 0.5) is 0 Å². The van der Waals surface area contributed by atoms with Gasteiger partial charge in [0.2, 0.25) is 0 Å². The van der Waals surface area contributed by atoms with Gasteiger partial charge < -0.3 is 14.6 Å². The third kappa shape index (κ3) is 66.0. The van der Waals surface area contributed by atoms with Gasteiger partial charge in [-0.2, -0.15) is 0 Å². The number of esters is 2. The van der Waals surface area contributed by atoms with Crippen LogP contribution in [0.3, 0.4) is 0 Å². The molecule has 77 heavy (non-hydrogen) atoms. The van der Waals surface area contributed by atoms with E-state index in [9.17, 15) is 14.7 Å². The maximum Gasteiger partial charge on any atom is 0.306 e. The van der Waals surface area contributed by atoms with Gasteiger partial charge in [-0.1, -0.05) is 357 Å². The summed E-state index contributed by atoms with van der Waals surface area (Å²) in [6, 6.07) is 0. The van der Waals surface area contributed by atoms with Crippen molar-refractivity contribution in [1.29, 1.82) is 0 Å². The van der Waals surface area contributed by atoms with E-state index < -0.39 is 6.10 Å². The summed E-state index contributed by atoms with van der Waals surface area (Å²) in [5, 5.41) is 9.69. The summed E-state index contributed by atoms with van der Waals surface area (Å²) in [5.74, 6) is -0.578. The lowest BCUT2D eigenvalue weighted by atomic mass is 10.0. The molecule has 0 heterocycles. The van der Waals surface area contributed by atoms with Crippen molar-refractivity contribution in [2.45, 2.75) is 373 Å². The van der Waals surface area contributed by atoms with Crippen molar-refractivity contribution in [3.05, 3.63) is 60.8 Å². The van der Waals surface area contributed by atoms with Crippen LogP contribution in [-0.4, -0.2) is 36.4 Å². The summed E-state index contributed by atoms with van der Waals surface area (Å²) >= 11 is 0. The van der Waals surface area contributed by atoms with Crippen LogP contribution < -0.4 is 0 Å². The van der Waals surface area contributed by atoms with Gasteiger partial charge in [0, 0.05) is 12.8 Å². The smallest absolute Gasteiger partial charge is 0.306 e. The van der Waals surface area contributed by atoms with Gasteiger partial charge in [0.1, 0.15) is 6.61 Å². The Labute approximate surface area is 481 Å². The number of aliphatic hydroxyl groups excluding tert-OH is 1. The van der Waals surface area contributed by atoms with E-state index in [0.29, 0.717) is 12.8 Å². The van der Waals surface area contributed by atoms with Crippen LogP contribution in [0.2, 0.25) is 0 Å². The van der Waals surface area contributed by atoms with E-state index in [2.05, 4.69) is 74.6 Å². The van der Waals surface area contributed by atoms with Crippen LogP contribution in [-0.2, 0) is 19.1 Å². The summed E-state index contributed by atoms with van der Waals surface area (Å²) in [6.45, 7) is 4.08. The Balaban J connectivity index is 3.40. The van der Waals surface area contributed by atoms with E-state index in [4.69, 9.17) is 9.47 Å². The molecule has 0 aliphatic rings. The Bertz CT molecular complexity index is 1310. The van der Waals surface area contributed by atoms with Crippen LogP contribution in [0, 0.1) is 0 Å². The number of carbonyl (C=O) groups excluding carboxylic acids is 2. The molecule has 0 saturated carbocycles. The molecule has 0 aromatic carbocycles. The highest BCUT2D eigenvalue weighted by Gasteiger charge is 2.16. The summed E-state index contributed by atoms with van der Waals surface area (Å²) < 4.78 is 10.8. The standard InChI is InChI=1S/C72H132O5/c1-3-5-7-9-11-13-15-17-19-21-23-25-27-29-31-32-33-34-35-36-37-38-39-41-42-44-46-48-50-52-54-56-58-60-62-64-66-71(74)76-69-70(68-73)77-72(75)67-65-63-61-59-57-55-53-51-49-47-45-43-40-30-28-26-24-22-20-18-16-14-12-10-8-6-4-2/h6,8,12,14,18,20,24,26,30,40,70,73H,3-5,7,9-11,13,15-17,19,21-23,25,27-29,31-39,41-69H2,1-2H3/b8-6-,14-12-,20-18-,26-24-,40-30-. The zero-order valence-electron chi connectivity index (χ0n) is 51.7. The predicted octanol–water partition coefficient (Wildman–Crippen LogP) is 23.7. The molecular formula is C72H132O5. The second kappa shape index (κ2) is 67.9. The summed E-state index contributed by atoms with van der Waals surface area (Å²) in [6.07, 6.45) is 92.6. The average molecular weight is 1080 g/mol. The quantitative estimate of drug-likeness (QED) is 0.0373. The summed E-state index contributed by atoms with van der Waals surface area (Å²) in [5.41, 5.74) is 0. The fourth-order valence-electron chi connectivity index (χ4n) is 10.5. The van der Waals surface area contributed by atoms with Crippen molar-refractivity contribution in [1.82, 2.24) is 0 Å². The molecule has 0 bridgehead atoms. The lowest BCUT2D eigenvalue weighted by molar-refractivity contribution is -0.161. The maximum absolute atomic E-state index is 12.3. The minimum absolute atomic E-state index is 0.0644. The molecule has 1 atom stereocenters. The van der Waals surface area contributed by atoms with Crippen molar-refractivity contribution < 1.29 is 24.2 Å². The molecule has 5 nitrogen and oxygen atoms in total. The molecular weight excluding hydrogens is 945 g/mol. The number of unbranched alkanes of at least 4 members (excludes halogenated alkanes) is 46. The fourth-order valence-corrected chi connectivity index (χ4v) is 10.5. The Morgan fingerprint density at radius 2 is 0.558 bits per heavy atom. The van der Waals surface area contributed by atoms with Crippen molar-refractivity contribution in [3.8, 4) is 0 Å². The first-order valence-electron chi connectivity index (χ1n) is 34.3. The molecule has 0 aliphatic carbocycles. The number of aliphatic hydroxyl groups is 1. The van der Waals surface area contributed by atoms with Gasteiger partial charge in [0.15, 0.2) is 6.10 Å². The third-order valence-electron chi connectivity index (χ3n) is 15.6. The Morgan fingerprint density at radius 3 is 0.844 bits per heavy atom. The Hall–Kier alpha value is -2.40. The lowest BCUT2D eigenvalue weighted by Gasteiger charge is -2.15. The molecule has 0 saturated heterocycles. The molecule has 1 unspecified atom stereocenters. The normalized spacial score (nSPS) is 12.5. The van der Waals surface area contributed by atoms with Crippen molar-refractivity contribution in [3.63, 3.8) is 0 Å². The number of rotatable bonds is 64. The van der Waals surface area contributed by atoms with Crippen LogP contribution in [0.25, 0.3) is 0 Å². The first-order chi connectivity index (χ1) is 38.1. The molecule has 0 rings (SSSR count). The first kappa shape index (κ1) is 74.6. The second-order valence-electron chi connectivity index (χ2n) is 23.2. The summed E-state index contributed by atoms with van der Waals surface area (Å²) in [7, 11) is 0. The molecule has 0 aromatic heterocycles. The molecule has 0 aliphatic heterocycles. The molecule has 0 aromatic rings. The molecule has 0 spiro atoms. The van der Waals surface area contributed by atoms with Gasteiger partial charge in [-0.3, -0.25) is 9.59 Å². The van der Waals surface area contributed by atoms with E-state index in [1.54, 1.807) is 0 Å². The van der Waals surface area contributed by atoms with E-state index in [1.165, 1.54) is 270 Å². The SMILES string of the molecule is CC/C=C\C/C=C\C/C=C\C/C=C\C/C=C\CCCCCCCCCCCCCC(=O)OC(CO)COC(=O)CCCCCCCCCCCCCCCCCCCCCCCCCCCCCCCCCCCCCC. The van der Waals surface area contributed by atoms with E-state index in [-0.39, 0.29) is 25.2 Å². The number of hydrogen-bond donors (Lipinski definition) is 1. The number of ether oxygens (including phenoxy) is 2. The zero-order valence-corrected chi connectivity index (χ0v) is 51.7. The predicted molar refractivity (Wildman–Crippen MR) is 339 cm³/mol. The largest absolute Gasteiger partial charge is 0.462 e. The lowest BCUT2D eigenvalue weighted by Crippen LogP contribution is -2.28. The first-order valence-corrected chi connectivity index (χ1v) is 34.3. The van der Waals surface area contributed by atoms with Gasteiger partial charge in [0.05, 0.1) is 6.61 Å². The number of allylic oxidation sites excluding steroid dienone is 10. The number of hydrogen-bond acceptors (Lipinski definition) is 5. The summed E-state index contributed by atoms with van der Waals surface area (Å²) in [4.78, 5) is 24.6. The molecule has 0 radical (unpaired) electrons. The number of carbonyl (C=O) groups is 2. The molecule has 1 N–H and O–H groups in total. The van der Waals surface area contributed by atoms with E-state index >= 15 is 0 Å². The van der Waals surface area contributed by atoms with Gasteiger partial charge in [-0.25, -0.2) is 0 Å². The van der Waals surface area contributed by atoms with Gasteiger partial charge >= 0.3 is 11.9 Å². The monoisotopic (exact) mass is 1080 g/mol. The van der Waals surface area contributed by atoms with Gasteiger partial charge in [-0.15, -0.1) is 0 Å². The van der Waals surface area contributed by atoms with Gasteiger partial charge in [-0.05, 0) is 57.8 Å². The average Bonchev–Trinajstić information content (AvgIpc) is 3.43. The Kier molecular flexibility index (Phi) is 65.8. The van der Waals surface area contributed by atoms with Crippen molar-refractivity contribution in [2.75, 3.05) is 13.2 Å². The molecule has 0 amide bonds. The van der Waals surface area contributed by atoms with Crippen LogP contribution in [0.1, 0.15) is 367 Å². The maximum atomic E-state index is 12.3. The minimum atomic E-state index is -0.776. The van der Waals surface area contributed by atoms with Crippen LogP contribution >= 0.6 is 0 Å². The molecule has 450 valence electrons. The molecule has 5 heteroatoms. The third-order valence-corrected chi connectivity index (χ3v) is 15.6. The van der Waals surface area contributed by atoms with Crippen molar-refractivity contribution >= 4 is 11.9 Å². The topological polar surface area (TPSA) is 72.8 Å². The zero-order chi connectivity index (χ0) is 55.5. The van der Waals surface area contributed by atoms with E-state index in [1.807, 2.05) is 0 Å². The highest BCUT2D eigenvalue weighted by Crippen LogP contribution is 2.19. The highest BCUT2D eigenvalue weighted by molar-refractivity contribution is 5.70. The Morgan fingerprint density at radius 1 is 0.312 bits per heavy atom. The van der Waals surface area contributed by atoms with Crippen molar-refractivity contribution in [2.24, 2.45) is 0 Å². The molecule has 0 fully saturated rings. The fraction of sp³-hybridized carbons (Fsp3) is 0.833. The highest BCUT2D eigenvalue weighted by atomic mass is 16.6. The minimum Gasteiger partial charge on any atom is -0.462 e. The second-order valence-corrected chi connectivity index (χ2v) is 23.2. The van der Waals surface area contributed by atoms with Crippen LogP contribution in [0.5, 0.6) is 0 Å². The van der Waals surface area contributed by atoms with Gasteiger partial charge in [0.25, 0.3) is 0 Å². The van der Waals surface area contributed by atoms with Crippen LogP contribution in [0.15, 0.2) is 60.8 Å². The van der Waals surface area contributed by atoms with E-state index in [0.717, 1.165) is 70.6 Å².